The maximum Gasteiger partial charge on any atom is 0.305 e. The lowest BCUT2D eigenvalue weighted by molar-refractivity contribution is -0.138. The van der Waals surface area contributed by atoms with Crippen molar-refractivity contribution in [3.63, 3.8) is 0 Å². The number of hydrogen-bond acceptors (Lipinski definition) is 4. The first kappa shape index (κ1) is 16.6. The van der Waals surface area contributed by atoms with Gasteiger partial charge in [0.1, 0.15) is 0 Å². The van der Waals surface area contributed by atoms with Gasteiger partial charge in [-0.2, -0.15) is 0 Å². The van der Waals surface area contributed by atoms with E-state index in [2.05, 4.69) is 10.6 Å². The van der Waals surface area contributed by atoms with Crippen LogP contribution in [0.25, 0.3) is 0 Å². The summed E-state index contributed by atoms with van der Waals surface area (Å²) in [5, 5.41) is 13.8. The molecule has 7 heteroatoms. The van der Waals surface area contributed by atoms with Crippen LogP contribution in [0.2, 0.25) is 0 Å². The number of nitrogens with one attached hydrogen (secondary N) is 2. The number of hydrogen-bond donors (Lipinski definition) is 4. The van der Waals surface area contributed by atoms with Crippen LogP contribution in [0.15, 0.2) is 18.2 Å². The minimum absolute atomic E-state index is 0.193. The van der Waals surface area contributed by atoms with E-state index in [1.54, 1.807) is 25.1 Å². The van der Waals surface area contributed by atoms with Gasteiger partial charge in [-0.1, -0.05) is 0 Å². The van der Waals surface area contributed by atoms with Crippen molar-refractivity contribution in [1.29, 1.82) is 0 Å². The molecule has 1 atom stereocenters. The smallest absolute Gasteiger partial charge is 0.305 e. The number of carbonyl (C=O) groups is 3. The molecule has 1 aromatic carbocycles. The monoisotopic (exact) mass is 293 g/mol. The molecule has 0 bridgehead atoms. The number of benzene rings is 1. The lowest BCUT2D eigenvalue weighted by Crippen LogP contribution is -2.37. The molecule has 0 aromatic heterocycles. The molecule has 0 spiro atoms. The van der Waals surface area contributed by atoms with Crippen LogP contribution in [0.1, 0.15) is 29.3 Å². The van der Waals surface area contributed by atoms with E-state index in [9.17, 15) is 14.4 Å². The minimum atomic E-state index is -1.14. The number of amides is 2. The van der Waals surface area contributed by atoms with Gasteiger partial charge in [0.15, 0.2) is 0 Å². The molecule has 0 saturated carbocycles. The molecule has 0 saturated heterocycles. The van der Waals surface area contributed by atoms with Gasteiger partial charge in [0.2, 0.25) is 5.91 Å². The van der Waals surface area contributed by atoms with E-state index < -0.39 is 24.3 Å². The van der Waals surface area contributed by atoms with Crippen LogP contribution in [0.5, 0.6) is 0 Å². The third-order valence-electron chi connectivity index (χ3n) is 2.82. The first-order valence-electron chi connectivity index (χ1n) is 6.52. The predicted octanol–water partition coefficient (Wildman–Crippen LogP) is 0.485. The summed E-state index contributed by atoms with van der Waals surface area (Å²) in [4.78, 5) is 33.9. The molecule has 114 valence electrons. The van der Waals surface area contributed by atoms with Crippen molar-refractivity contribution in [2.75, 3.05) is 11.9 Å². The number of anilines is 1. The maximum atomic E-state index is 11.7. The average molecular weight is 293 g/mol. The number of nitrogens with two attached hydrogens (primary N) is 1. The van der Waals surface area contributed by atoms with Crippen LogP contribution >= 0.6 is 0 Å². The Balaban J connectivity index is 2.79. The maximum absolute atomic E-state index is 11.7. The Kier molecular flexibility index (Phi) is 5.86. The summed E-state index contributed by atoms with van der Waals surface area (Å²) in [7, 11) is 0. The zero-order chi connectivity index (χ0) is 16.0. The van der Waals surface area contributed by atoms with Gasteiger partial charge < -0.3 is 21.5 Å². The van der Waals surface area contributed by atoms with E-state index in [-0.39, 0.29) is 5.91 Å². The number of aryl methyl sites for hydroxylation is 1. The lowest BCUT2D eigenvalue weighted by Gasteiger charge is -2.13. The van der Waals surface area contributed by atoms with Gasteiger partial charge >= 0.3 is 5.97 Å². The number of aliphatic carboxylic acids is 1. The Bertz CT molecular complexity index is 557. The summed E-state index contributed by atoms with van der Waals surface area (Å²) >= 11 is 0. The standard InChI is InChI=1S/C14H19N3O4/c1-3-16-13(20)9-4-5-11(8(2)6-9)17-14(21)10(15)7-12(18)19/h4-6,10H,3,7,15H2,1-2H3,(H,16,20)(H,17,21)(H,18,19). The van der Waals surface area contributed by atoms with E-state index in [0.29, 0.717) is 23.4 Å². The second-order valence-electron chi connectivity index (χ2n) is 4.58. The fourth-order valence-electron chi connectivity index (χ4n) is 1.71. The highest BCUT2D eigenvalue weighted by Gasteiger charge is 2.18. The summed E-state index contributed by atoms with van der Waals surface area (Å²) in [5.41, 5.74) is 7.15. The fraction of sp³-hybridized carbons (Fsp3) is 0.357. The van der Waals surface area contributed by atoms with Crippen LogP contribution in [-0.2, 0) is 9.59 Å². The van der Waals surface area contributed by atoms with Crippen LogP contribution < -0.4 is 16.4 Å². The van der Waals surface area contributed by atoms with Crippen LogP contribution in [-0.4, -0.2) is 35.5 Å². The Morgan fingerprint density at radius 3 is 2.52 bits per heavy atom. The summed E-state index contributed by atoms with van der Waals surface area (Å²) < 4.78 is 0. The Morgan fingerprint density at radius 2 is 2.00 bits per heavy atom. The van der Waals surface area contributed by atoms with Crippen LogP contribution in [0.3, 0.4) is 0 Å². The Hall–Kier alpha value is -2.41. The summed E-state index contributed by atoms with van der Waals surface area (Å²) in [6.45, 7) is 4.09. The molecule has 0 aliphatic carbocycles. The number of carboxylic acid groups (broad SMARTS) is 1. The molecule has 0 aliphatic heterocycles. The van der Waals surface area contributed by atoms with E-state index in [1.165, 1.54) is 0 Å². The van der Waals surface area contributed by atoms with E-state index in [1.807, 2.05) is 6.92 Å². The van der Waals surface area contributed by atoms with Gasteiger partial charge in [-0.15, -0.1) is 0 Å². The molecule has 0 heterocycles. The number of carboxylic acids is 1. The minimum Gasteiger partial charge on any atom is -0.481 e. The SMILES string of the molecule is CCNC(=O)c1ccc(NC(=O)C(N)CC(=O)O)c(C)c1. The van der Waals surface area contributed by atoms with Gasteiger partial charge in [0.25, 0.3) is 5.91 Å². The molecular formula is C14H19N3O4. The molecule has 1 aromatic rings. The van der Waals surface area contributed by atoms with Gasteiger partial charge in [-0.05, 0) is 37.6 Å². The summed E-state index contributed by atoms with van der Waals surface area (Å²) in [6, 6.07) is 3.69. The van der Waals surface area contributed by atoms with E-state index in [0.717, 1.165) is 0 Å². The van der Waals surface area contributed by atoms with Crippen molar-refractivity contribution < 1.29 is 19.5 Å². The third kappa shape index (κ3) is 4.88. The van der Waals surface area contributed by atoms with Crippen molar-refractivity contribution in [1.82, 2.24) is 5.32 Å². The highest BCUT2D eigenvalue weighted by Crippen LogP contribution is 2.17. The molecule has 0 aliphatic rings. The molecule has 1 rings (SSSR count). The molecule has 5 N–H and O–H groups in total. The Morgan fingerprint density at radius 1 is 1.33 bits per heavy atom. The molecule has 7 nitrogen and oxygen atoms in total. The van der Waals surface area contributed by atoms with Crippen molar-refractivity contribution in [2.24, 2.45) is 5.73 Å². The fourth-order valence-corrected chi connectivity index (χ4v) is 1.71. The van der Waals surface area contributed by atoms with Crippen LogP contribution in [0, 0.1) is 6.92 Å². The van der Waals surface area contributed by atoms with Gasteiger partial charge in [-0.3, -0.25) is 14.4 Å². The first-order valence-corrected chi connectivity index (χ1v) is 6.52. The quantitative estimate of drug-likeness (QED) is 0.608. The number of carbonyl (C=O) groups excluding carboxylic acids is 2. The largest absolute Gasteiger partial charge is 0.481 e. The zero-order valence-electron chi connectivity index (χ0n) is 12.0. The predicted molar refractivity (Wildman–Crippen MR) is 78.0 cm³/mol. The topological polar surface area (TPSA) is 122 Å². The summed E-state index contributed by atoms with van der Waals surface area (Å²) in [6.07, 6.45) is -0.443. The Labute approximate surface area is 122 Å². The van der Waals surface area contributed by atoms with Gasteiger partial charge in [0.05, 0.1) is 12.5 Å². The third-order valence-corrected chi connectivity index (χ3v) is 2.82. The van der Waals surface area contributed by atoms with Crippen LogP contribution in [0.4, 0.5) is 5.69 Å². The zero-order valence-corrected chi connectivity index (χ0v) is 12.0. The van der Waals surface area contributed by atoms with Gasteiger partial charge in [0, 0.05) is 17.8 Å². The lowest BCUT2D eigenvalue weighted by atomic mass is 10.1. The normalized spacial score (nSPS) is 11.6. The summed E-state index contributed by atoms with van der Waals surface area (Å²) in [5.74, 6) is -1.91. The highest BCUT2D eigenvalue weighted by atomic mass is 16.4. The molecule has 1 unspecified atom stereocenters. The highest BCUT2D eigenvalue weighted by molar-refractivity contribution is 5.99. The molecule has 0 fully saturated rings. The second-order valence-corrected chi connectivity index (χ2v) is 4.58. The van der Waals surface area contributed by atoms with Crippen molar-refractivity contribution in [3.05, 3.63) is 29.3 Å². The van der Waals surface area contributed by atoms with Crippen molar-refractivity contribution >= 4 is 23.5 Å². The average Bonchev–Trinajstić information content (AvgIpc) is 2.40. The van der Waals surface area contributed by atoms with Crippen molar-refractivity contribution in [3.8, 4) is 0 Å². The van der Waals surface area contributed by atoms with E-state index >= 15 is 0 Å². The molecule has 2 amide bonds. The first-order chi connectivity index (χ1) is 9.85. The number of rotatable bonds is 6. The second kappa shape index (κ2) is 7.39. The van der Waals surface area contributed by atoms with Gasteiger partial charge in [-0.25, -0.2) is 0 Å². The van der Waals surface area contributed by atoms with Crippen molar-refractivity contribution in [2.45, 2.75) is 26.3 Å². The molecule has 0 radical (unpaired) electrons. The van der Waals surface area contributed by atoms with E-state index in [4.69, 9.17) is 10.8 Å². The molecular weight excluding hydrogens is 274 g/mol. The molecule has 21 heavy (non-hydrogen) atoms.